The number of rotatable bonds is 18. The first kappa shape index (κ1) is 40.2. The minimum absolute atomic E-state index is 0.0732. The Bertz CT molecular complexity index is 1800. The van der Waals surface area contributed by atoms with E-state index in [9.17, 15) is 24.3 Å². The maximum atomic E-state index is 13.5. The number of aromatic nitrogens is 2. The van der Waals surface area contributed by atoms with Crippen LogP contribution < -0.4 is 20.7 Å². The largest absolute Gasteiger partial charge is 0.494 e. The van der Waals surface area contributed by atoms with Crippen LogP contribution in [0.2, 0.25) is 0 Å². The molecule has 0 unspecified atom stereocenters. The fourth-order valence-corrected chi connectivity index (χ4v) is 5.69. The summed E-state index contributed by atoms with van der Waals surface area (Å²) in [6.45, 7) is 9.13. The van der Waals surface area contributed by atoms with Crippen molar-refractivity contribution >= 4 is 23.7 Å². The van der Waals surface area contributed by atoms with Crippen LogP contribution in [-0.2, 0) is 26.2 Å². The quantitative estimate of drug-likeness (QED) is 0.0848. The average Bonchev–Trinajstić information content (AvgIpc) is 3.15. The number of likely N-dealkylation sites (N-methyl/N-ethyl adjacent to an activating group) is 1. The zero-order valence-corrected chi connectivity index (χ0v) is 31.3. The van der Waals surface area contributed by atoms with Gasteiger partial charge in [0.2, 0.25) is 11.8 Å². The van der Waals surface area contributed by atoms with Crippen LogP contribution in [0.25, 0.3) is 22.5 Å². The van der Waals surface area contributed by atoms with Crippen LogP contribution in [0, 0.1) is 0 Å². The SMILES string of the molecule is CCCCCCCOc1ccc(-c2cnc(-c3ccc(C[C@H](NC(=O)c4ccc(C(C)(C)C)cc4)C(=O)N[C@H](CC(=O)O)C(=O)NC)cc3)nc2)cc1. The van der Waals surface area contributed by atoms with Crippen molar-refractivity contribution in [2.45, 2.75) is 90.1 Å². The van der Waals surface area contributed by atoms with E-state index in [1.165, 1.54) is 32.7 Å². The summed E-state index contributed by atoms with van der Waals surface area (Å²) < 4.78 is 5.89. The van der Waals surface area contributed by atoms with E-state index in [4.69, 9.17) is 4.74 Å². The van der Waals surface area contributed by atoms with Gasteiger partial charge in [0.1, 0.15) is 17.8 Å². The molecule has 0 radical (unpaired) electrons. The minimum atomic E-state index is -1.32. The number of aliphatic carboxylic acids is 1. The molecule has 0 fully saturated rings. The molecule has 0 saturated heterocycles. The molecule has 2 atom stereocenters. The monoisotopic (exact) mass is 721 g/mol. The average molecular weight is 722 g/mol. The summed E-state index contributed by atoms with van der Waals surface area (Å²) >= 11 is 0. The number of hydrogen-bond acceptors (Lipinski definition) is 7. The fourth-order valence-electron chi connectivity index (χ4n) is 5.69. The second kappa shape index (κ2) is 19.3. The maximum absolute atomic E-state index is 13.5. The van der Waals surface area contributed by atoms with E-state index in [2.05, 4.69) is 53.6 Å². The molecule has 3 aromatic carbocycles. The Kier molecular flexibility index (Phi) is 14.6. The third-order valence-corrected chi connectivity index (χ3v) is 8.90. The zero-order valence-electron chi connectivity index (χ0n) is 31.3. The molecule has 4 aromatic rings. The van der Waals surface area contributed by atoms with Gasteiger partial charge in [-0.1, -0.05) is 102 Å². The second-order valence-corrected chi connectivity index (χ2v) is 14.1. The smallest absolute Gasteiger partial charge is 0.305 e. The van der Waals surface area contributed by atoms with Crippen LogP contribution >= 0.6 is 0 Å². The Hall–Kier alpha value is -5.58. The van der Waals surface area contributed by atoms with Crippen molar-refractivity contribution in [2.24, 2.45) is 0 Å². The van der Waals surface area contributed by atoms with Crippen LogP contribution in [0.1, 0.15) is 87.7 Å². The van der Waals surface area contributed by atoms with Gasteiger partial charge >= 0.3 is 5.97 Å². The molecule has 11 nitrogen and oxygen atoms in total. The second-order valence-electron chi connectivity index (χ2n) is 14.1. The van der Waals surface area contributed by atoms with Crippen molar-refractivity contribution in [1.82, 2.24) is 25.9 Å². The predicted octanol–water partition coefficient (Wildman–Crippen LogP) is 6.50. The van der Waals surface area contributed by atoms with Crippen molar-refractivity contribution in [1.29, 1.82) is 0 Å². The number of ether oxygens (including phenoxy) is 1. The van der Waals surface area contributed by atoms with Crippen molar-refractivity contribution in [3.8, 4) is 28.3 Å². The van der Waals surface area contributed by atoms with E-state index in [0.29, 0.717) is 23.6 Å². The van der Waals surface area contributed by atoms with Crippen LogP contribution in [0.4, 0.5) is 0 Å². The lowest BCUT2D eigenvalue weighted by molar-refractivity contribution is -0.140. The molecule has 11 heteroatoms. The Morgan fingerprint density at radius 2 is 1.36 bits per heavy atom. The van der Waals surface area contributed by atoms with Gasteiger partial charge in [0.05, 0.1) is 13.0 Å². The lowest BCUT2D eigenvalue weighted by atomic mass is 9.86. The number of carbonyl (C=O) groups is 4. The summed E-state index contributed by atoms with van der Waals surface area (Å²) in [5.41, 5.74) is 4.61. The molecule has 280 valence electrons. The van der Waals surface area contributed by atoms with Gasteiger partial charge in [0, 0.05) is 42.6 Å². The molecule has 4 rings (SSSR count). The van der Waals surface area contributed by atoms with E-state index in [1.54, 1.807) is 24.5 Å². The molecule has 1 aromatic heterocycles. The summed E-state index contributed by atoms with van der Waals surface area (Å²) in [5, 5.41) is 17.0. The summed E-state index contributed by atoms with van der Waals surface area (Å²) in [4.78, 5) is 59.8. The molecule has 0 saturated carbocycles. The Morgan fingerprint density at radius 3 is 1.94 bits per heavy atom. The molecular formula is C42H51N5O6. The summed E-state index contributed by atoms with van der Waals surface area (Å²) in [6, 6.07) is 19.9. The van der Waals surface area contributed by atoms with E-state index >= 15 is 0 Å². The van der Waals surface area contributed by atoms with E-state index in [0.717, 1.165) is 34.4 Å². The fraction of sp³-hybridized carbons (Fsp3) is 0.381. The summed E-state index contributed by atoms with van der Waals surface area (Å²) in [7, 11) is 1.35. The highest BCUT2D eigenvalue weighted by Gasteiger charge is 2.29. The Morgan fingerprint density at radius 1 is 0.736 bits per heavy atom. The molecule has 3 amide bonds. The van der Waals surface area contributed by atoms with Gasteiger partial charge in [0.25, 0.3) is 5.91 Å². The minimum Gasteiger partial charge on any atom is -0.494 e. The number of carboxylic acids is 1. The predicted molar refractivity (Wildman–Crippen MR) is 206 cm³/mol. The van der Waals surface area contributed by atoms with Crippen molar-refractivity contribution in [3.05, 3.63) is 102 Å². The van der Waals surface area contributed by atoms with Crippen LogP contribution in [-0.4, -0.2) is 64.5 Å². The number of amides is 3. The third kappa shape index (κ3) is 12.3. The molecule has 0 bridgehead atoms. The number of carbonyl (C=O) groups excluding carboxylic acids is 3. The van der Waals surface area contributed by atoms with Crippen LogP contribution in [0.5, 0.6) is 5.75 Å². The summed E-state index contributed by atoms with van der Waals surface area (Å²) in [5.74, 6) is -1.73. The normalized spacial score (nSPS) is 12.3. The Labute approximate surface area is 312 Å². The number of nitrogens with zero attached hydrogens (tertiary/aromatic N) is 2. The number of unbranched alkanes of at least 4 members (excludes halogenated alkanes) is 4. The van der Waals surface area contributed by atoms with Gasteiger partial charge < -0.3 is 25.8 Å². The lowest BCUT2D eigenvalue weighted by Crippen LogP contribution is -2.54. The van der Waals surface area contributed by atoms with Gasteiger partial charge in [-0.25, -0.2) is 9.97 Å². The molecule has 53 heavy (non-hydrogen) atoms. The number of hydrogen-bond donors (Lipinski definition) is 4. The first-order valence-corrected chi connectivity index (χ1v) is 18.2. The summed E-state index contributed by atoms with van der Waals surface area (Å²) in [6.07, 6.45) is 8.94. The van der Waals surface area contributed by atoms with E-state index in [1.807, 2.05) is 60.7 Å². The van der Waals surface area contributed by atoms with E-state index in [-0.39, 0.29) is 11.8 Å². The van der Waals surface area contributed by atoms with Crippen molar-refractivity contribution < 1.29 is 29.0 Å². The molecule has 1 heterocycles. The van der Waals surface area contributed by atoms with Gasteiger partial charge in [-0.15, -0.1) is 0 Å². The standard InChI is InChI=1S/C42H51N5O6/c1-6-7-8-9-10-23-53-34-21-17-29(18-22-34)32-26-44-38(45-27-32)30-13-11-28(12-14-30)24-35(41(52)47-36(25-37(48)49)40(51)43-5)46-39(50)31-15-19-33(20-16-31)42(2,3)4/h11-22,26-27,35-36H,6-10,23-25H2,1-5H3,(H,43,51)(H,46,50)(H,47,52)(H,48,49)/t35-,36+/m0/s1. The molecule has 0 spiro atoms. The lowest BCUT2D eigenvalue weighted by Gasteiger charge is -2.23. The van der Waals surface area contributed by atoms with Crippen molar-refractivity contribution in [3.63, 3.8) is 0 Å². The van der Waals surface area contributed by atoms with Gasteiger partial charge in [0.15, 0.2) is 5.82 Å². The van der Waals surface area contributed by atoms with Crippen LogP contribution in [0.3, 0.4) is 0 Å². The molecular weight excluding hydrogens is 670 g/mol. The highest BCUT2D eigenvalue weighted by Crippen LogP contribution is 2.25. The highest BCUT2D eigenvalue weighted by atomic mass is 16.5. The molecule has 0 aliphatic carbocycles. The first-order valence-electron chi connectivity index (χ1n) is 18.2. The van der Waals surface area contributed by atoms with Crippen molar-refractivity contribution in [2.75, 3.05) is 13.7 Å². The van der Waals surface area contributed by atoms with Crippen LogP contribution in [0.15, 0.2) is 85.2 Å². The van der Waals surface area contributed by atoms with Gasteiger partial charge in [-0.2, -0.15) is 0 Å². The molecule has 0 aliphatic heterocycles. The van der Waals surface area contributed by atoms with E-state index < -0.39 is 42.2 Å². The number of nitrogens with one attached hydrogen (secondary N) is 3. The maximum Gasteiger partial charge on any atom is 0.305 e. The topological polar surface area (TPSA) is 160 Å². The molecule has 0 aliphatic rings. The first-order chi connectivity index (χ1) is 25.4. The number of carboxylic acid groups (broad SMARTS) is 1. The molecule has 4 N–H and O–H groups in total. The Balaban J connectivity index is 1.45. The number of benzene rings is 3. The van der Waals surface area contributed by atoms with Gasteiger partial charge in [-0.3, -0.25) is 19.2 Å². The zero-order chi connectivity index (χ0) is 38.4. The highest BCUT2D eigenvalue weighted by molar-refractivity contribution is 5.99. The third-order valence-electron chi connectivity index (χ3n) is 8.90. The van der Waals surface area contributed by atoms with Gasteiger partial charge in [-0.05, 0) is 52.8 Å².